The van der Waals surface area contributed by atoms with E-state index in [-0.39, 0.29) is 0 Å². The maximum atomic E-state index is 10.4. The number of likely N-dealkylation sites (tertiary alicyclic amines) is 1. The van der Waals surface area contributed by atoms with Gasteiger partial charge in [0.25, 0.3) is 0 Å². The molecule has 1 saturated heterocycles. The molecule has 1 N–H and O–H groups in total. The van der Waals surface area contributed by atoms with Gasteiger partial charge in [0.2, 0.25) is 0 Å². The molecule has 0 amide bonds. The van der Waals surface area contributed by atoms with E-state index < -0.39 is 6.10 Å². The van der Waals surface area contributed by atoms with Gasteiger partial charge < -0.3 is 10.0 Å². The number of hydrogen-bond acceptors (Lipinski definition) is 2. The van der Waals surface area contributed by atoms with Crippen LogP contribution in [0.25, 0.3) is 0 Å². The molecule has 1 heterocycles. The topological polar surface area (TPSA) is 23.5 Å². The Bertz CT molecular complexity index is 494. The van der Waals surface area contributed by atoms with Crippen molar-refractivity contribution in [1.82, 2.24) is 4.90 Å². The summed E-state index contributed by atoms with van der Waals surface area (Å²) in [5.41, 5.74) is 0.754. The monoisotopic (exact) mass is 327 g/mol. The predicted molar refractivity (Wildman–Crippen MR) is 88.0 cm³/mol. The van der Waals surface area contributed by atoms with Gasteiger partial charge in [0, 0.05) is 18.2 Å². The zero-order valence-electron chi connectivity index (χ0n) is 12.3. The minimum Gasteiger partial charge on any atom is -0.388 e. The largest absolute Gasteiger partial charge is 0.388 e. The first-order valence-corrected chi connectivity index (χ1v) is 8.78. The molecule has 3 unspecified atom stereocenters. The molecule has 2 nitrogen and oxygen atoms in total. The molecule has 1 aliphatic carbocycles. The van der Waals surface area contributed by atoms with E-state index in [4.69, 9.17) is 23.2 Å². The molecule has 1 aromatic rings. The third-order valence-corrected chi connectivity index (χ3v) is 5.97. The minimum atomic E-state index is -0.530. The Morgan fingerprint density at radius 1 is 1.19 bits per heavy atom. The molecule has 1 saturated carbocycles. The summed E-state index contributed by atoms with van der Waals surface area (Å²) >= 11 is 12.2. The molecule has 0 spiro atoms. The number of halogens is 2. The highest BCUT2D eigenvalue weighted by molar-refractivity contribution is 6.42. The Labute approximate surface area is 137 Å². The number of aliphatic hydroxyl groups is 1. The van der Waals surface area contributed by atoms with E-state index in [1.54, 1.807) is 6.07 Å². The highest BCUT2D eigenvalue weighted by Gasteiger charge is 2.34. The Morgan fingerprint density at radius 2 is 2.00 bits per heavy atom. The van der Waals surface area contributed by atoms with Crippen LogP contribution in [0.15, 0.2) is 18.2 Å². The van der Waals surface area contributed by atoms with Crippen molar-refractivity contribution in [3.05, 3.63) is 33.8 Å². The molecule has 2 fully saturated rings. The van der Waals surface area contributed by atoms with Crippen LogP contribution in [0.5, 0.6) is 0 Å². The molecule has 0 aromatic heterocycles. The normalized spacial score (nSPS) is 27.6. The van der Waals surface area contributed by atoms with Gasteiger partial charge >= 0.3 is 0 Å². The van der Waals surface area contributed by atoms with E-state index in [9.17, 15) is 5.11 Å². The average molecular weight is 328 g/mol. The van der Waals surface area contributed by atoms with E-state index in [1.807, 2.05) is 12.1 Å². The lowest BCUT2D eigenvalue weighted by Crippen LogP contribution is -2.43. The van der Waals surface area contributed by atoms with Gasteiger partial charge in [0.1, 0.15) is 0 Å². The highest BCUT2D eigenvalue weighted by atomic mass is 35.5. The number of rotatable bonds is 4. The molecule has 3 atom stereocenters. The maximum Gasteiger partial charge on any atom is 0.0817 e. The molecule has 0 radical (unpaired) electrons. The number of benzene rings is 1. The number of nitrogens with zero attached hydrogens (tertiary/aromatic N) is 1. The van der Waals surface area contributed by atoms with E-state index in [0.29, 0.717) is 10.0 Å². The Kier molecular flexibility index (Phi) is 5.11. The summed E-state index contributed by atoms with van der Waals surface area (Å²) in [6.07, 6.45) is 6.98. The summed E-state index contributed by atoms with van der Waals surface area (Å²) in [4.78, 5) is 2.59. The summed E-state index contributed by atoms with van der Waals surface area (Å²) < 4.78 is 0. The van der Waals surface area contributed by atoms with Gasteiger partial charge in [0.15, 0.2) is 0 Å². The Morgan fingerprint density at radius 3 is 2.86 bits per heavy atom. The molecular formula is C17H23Cl2NO. The lowest BCUT2D eigenvalue weighted by molar-refractivity contribution is 0.0834. The summed E-state index contributed by atoms with van der Waals surface area (Å²) in [6, 6.07) is 6.22. The molecule has 116 valence electrons. The summed E-state index contributed by atoms with van der Waals surface area (Å²) in [5, 5.41) is 11.4. The average Bonchev–Trinajstić information content (AvgIpc) is 2.96. The molecular weight excluding hydrogens is 305 g/mol. The van der Waals surface area contributed by atoms with Gasteiger partial charge in [-0.15, -0.1) is 0 Å². The van der Waals surface area contributed by atoms with Gasteiger partial charge in [-0.3, -0.25) is 0 Å². The molecule has 2 aliphatic rings. The van der Waals surface area contributed by atoms with Crippen molar-refractivity contribution < 1.29 is 5.11 Å². The SMILES string of the molecule is OC(CCN1CCCC2CCCC21)c1cccc(Cl)c1Cl. The van der Waals surface area contributed by atoms with E-state index >= 15 is 0 Å². The van der Waals surface area contributed by atoms with Crippen LogP contribution in [0.3, 0.4) is 0 Å². The smallest absolute Gasteiger partial charge is 0.0817 e. The molecule has 1 aromatic carbocycles. The second kappa shape index (κ2) is 6.87. The third-order valence-electron chi connectivity index (χ3n) is 5.14. The van der Waals surface area contributed by atoms with Crippen LogP contribution >= 0.6 is 23.2 Å². The zero-order chi connectivity index (χ0) is 14.8. The fourth-order valence-corrected chi connectivity index (χ4v) is 4.49. The quantitative estimate of drug-likeness (QED) is 0.867. The van der Waals surface area contributed by atoms with Crippen LogP contribution in [0.1, 0.15) is 50.2 Å². The van der Waals surface area contributed by atoms with Crippen molar-refractivity contribution in [2.75, 3.05) is 13.1 Å². The first kappa shape index (κ1) is 15.6. The lowest BCUT2D eigenvalue weighted by Gasteiger charge is -2.38. The van der Waals surface area contributed by atoms with E-state index in [2.05, 4.69) is 4.90 Å². The highest BCUT2D eigenvalue weighted by Crippen LogP contribution is 2.37. The second-order valence-electron chi connectivity index (χ2n) is 6.38. The van der Waals surface area contributed by atoms with Gasteiger partial charge in [0.05, 0.1) is 16.1 Å². The van der Waals surface area contributed by atoms with Crippen molar-refractivity contribution in [3.8, 4) is 0 Å². The lowest BCUT2D eigenvalue weighted by atomic mass is 9.91. The fraction of sp³-hybridized carbons (Fsp3) is 0.647. The summed E-state index contributed by atoms with van der Waals surface area (Å²) in [7, 11) is 0. The first-order valence-electron chi connectivity index (χ1n) is 8.03. The van der Waals surface area contributed by atoms with Crippen LogP contribution in [0.2, 0.25) is 10.0 Å². The van der Waals surface area contributed by atoms with Crippen LogP contribution < -0.4 is 0 Å². The van der Waals surface area contributed by atoms with Crippen molar-refractivity contribution in [2.24, 2.45) is 5.92 Å². The van der Waals surface area contributed by atoms with Gasteiger partial charge in [-0.25, -0.2) is 0 Å². The summed E-state index contributed by atoms with van der Waals surface area (Å²) in [5.74, 6) is 0.894. The number of fused-ring (bicyclic) bond motifs is 1. The number of hydrogen-bond donors (Lipinski definition) is 1. The Hall–Kier alpha value is -0.280. The first-order chi connectivity index (χ1) is 10.2. The molecule has 4 heteroatoms. The maximum absolute atomic E-state index is 10.4. The second-order valence-corrected chi connectivity index (χ2v) is 7.17. The van der Waals surface area contributed by atoms with Crippen molar-refractivity contribution in [2.45, 2.75) is 50.7 Å². The third kappa shape index (κ3) is 3.39. The number of aliphatic hydroxyl groups excluding tert-OH is 1. The minimum absolute atomic E-state index is 0.490. The van der Waals surface area contributed by atoms with Crippen LogP contribution in [0, 0.1) is 5.92 Å². The van der Waals surface area contributed by atoms with Crippen molar-refractivity contribution >= 4 is 23.2 Å². The summed E-state index contributed by atoms with van der Waals surface area (Å²) in [6.45, 7) is 2.13. The van der Waals surface area contributed by atoms with E-state index in [1.165, 1.54) is 38.6 Å². The van der Waals surface area contributed by atoms with Crippen molar-refractivity contribution in [3.63, 3.8) is 0 Å². The Balaban J connectivity index is 1.60. The fourth-order valence-electron chi connectivity index (χ4n) is 4.06. The predicted octanol–water partition coefficient (Wildman–Crippen LogP) is 4.68. The van der Waals surface area contributed by atoms with E-state index in [0.717, 1.165) is 30.5 Å². The van der Waals surface area contributed by atoms with Crippen LogP contribution in [0.4, 0.5) is 0 Å². The van der Waals surface area contributed by atoms with Gasteiger partial charge in [-0.05, 0) is 50.6 Å². The number of piperidine rings is 1. The molecule has 21 heavy (non-hydrogen) atoms. The van der Waals surface area contributed by atoms with Gasteiger partial charge in [-0.2, -0.15) is 0 Å². The van der Waals surface area contributed by atoms with Gasteiger partial charge in [-0.1, -0.05) is 41.8 Å². The van der Waals surface area contributed by atoms with Crippen molar-refractivity contribution in [1.29, 1.82) is 0 Å². The zero-order valence-corrected chi connectivity index (χ0v) is 13.8. The molecule has 0 bridgehead atoms. The molecule has 1 aliphatic heterocycles. The van der Waals surface area contributed by atoms with Crippen LogP contribution in [-0.2, 0) is 0 Å². The molecule has 3 rings (SSSR count). The van der Waals surface area contributed by atoms with Crippen LogP contribution in [-0.4, -0.2) is 29.1 Å². The standard InChI is InChI=1S/C17H23Cl2NO/c18-14-7-2-6-13(17(14)19)16(21)9-11-20-10-3-5-12-4-1-8-15(12)20/h2,6-7,12,15-16,21H,1,3-5,8-11H2.